The Bertz CT molecular complexity index is 358. The van der Waals surface area contributed by atoms with Crippen LogP contribution in [0.25, 0.3) is 0 Å². The number of carboxylic acids is 1. The highest BCUT2D eigenvalue weighted by atomic mass is 16.5. The van der Waals surface area contributed by atoms with Gasteiger partial charge in [0.1, 0.15) is 6.54 Å². The summed E-state index contributed by atoms with van der Waals surface area (Å²) in [7, 11) is 1.30. The molecule has 0 amide bonds. The molecule has 0 atom stereocenters. The lowest BCUT2D eigenvalue weighted by Gasteiger charge is -2.04. The minimum atomic E-state index is -0.938. The number of hydrogen-bond acceptors (Lipinski definition) is 4. The van der Waals surface area contributed by atoms with E-state index >= 15 is 0 Å². The number of esters is 1. The van der Waals surface area contributed by atoms with Crippen LogP contribution in [0.1, 0.15) is 10.4 Å². The molecule has 0 bridgehead atoms. The largest absolute Gasteiger partial charge is 0.480 e. The maximum Gasteiger partial charge on any atom is 0.337 e. The van der Waals surface area contributed by atoms with Crippen molar-refractivity contribution in [2.75, 3.05) is 19.0 Å². The van der Waals surface area contributed by atoms with Crippen LogP contribution in [0.15, 0.2) is 24.3 Å². The molecule has 0 radical (unpaired) electrons. The van der Waals surface area contributed by atoms with Gasteiger partial charge in [-0.2, -0.15) is 0 Å². The number of methoxy groups -OCH3 is 1. The Morgan fingerprint density at radius 1 is 1.33 bits per heavy atom. The molecule has 1 aromatic rings. The summed E-state index contributed by atoms with van der Waals surface area (Å²) >= 11 is 0. The van der Waals surface area contributed by atoms with Crippen LogP contribution in [0.2, 0.25) is 0 Å². The van der Waals surface area contributed by atoms with Gasteiger partial charge in [-0.1, -0.05) is 0 Å². The van der Waals surface area contributed by atoms with E-state index in [2.05, 4.69) is 10.1 Å². The summed E-state index contributed by atoms with van der Waals surface area (Å²) in [6.45, 7) is -0.155. The average molecular weight is 209 g/mol. The molecule has 0 saturated heterocycles. The number of carbonyl (C=O) groups excluding carboxylic acids is 1. The van der Waals surface area contributed by atoms with E-state index < -0.39 is 11.9 Å². The van der Waals surface area contributed by atoms with Crippen molar-refractivity contribution in [2.45, 2.75) is 0 Å². The van der Waals surface area contributed by atoms with Gasteiger partial charge in [0.2, 0.25) is 0 Å². The van der Waals surface area contributed by atoms with Gasteiger partial charge in [-0.25, -0.2) is 4.79 Å². The highest BCUT2D eigenvalue weighted by Crippen LogP contribution is 2.09. The lowest BCUT2D eigenvalue weighted by molar-refractivity contribution is -0.134. The third-order valence-electron chi connectivity index (χ3n) is 1.75. The molecule has 0 aromatic heterocycles. The van der Waals surface area contributed by atoms with Crippen LogP contribution in [0.3, 0.4) is 0 Å². The first-order chi connectivity index (χ1) is 7.13. The van der Waals surface area contributed by atoms with Crippen molar-refractivity contribution in [3.05, 3.63) is 29.8 Å². The fourth-order valence-corrected chi connectivity index (χ4v) is 1.02. The van der Waals surface area contributed by atoms with Gasteiger partial charge < -0.3 is 15.2 Å². The average Bonchev–Trinajstić information content (AvgIpc) is 2.26. The van der Waals surface area contributed by atoms with Gasteiger partial charge in [0, 0.05) is 5.69 Å². The lowest BCUT2D eigenvalue weighted by Crippen LogP contribution is -2.12. The number of rotatable bonds is 4. The van der Waals surface area contributed by atoms with E-state index in [1.807, 2.05) is 0 Å². The number of ether oxygens (including phenoxy) is 1. The number of anilines is 1. The topological polar surface area (TPSA) is 75.6 Å². The molecule has 1 aromatic carbocycles. The standard InChI is InChI=1S/C10H11NO4/c1-15-10(14)7-2-4-8(5-3-7)11-6-9(12)13/h2-5,11H,6H2,1H3,(H,12,13). The van der Waals surface area contributed by atoms with E-state index in [0.29, 0.717) is 11.3 Å². The van der Waals surface area contributed by atoms with Gasteiger partial charge in [-0.3, -0.25) is 4.79 Å². The molecule has 0 spiro atoms. The van der Waals surface area contributed by atoms with Crippen LogP contribution >= 0.6 is 0 Å². The van der Waals surface area contributed by atoms with Crippen molar-refractivity contribution in [1.82, 2.24) is 0 Å². The summed E-state index contributed by atoms with van der Waals surface area (Å²) in [6, 6.07) is 6.37. The number of hydrogen-bond donors (Lipinski definition) is 2. The van der Waals surface area contributed by atoms with Gasteiger partial charge in [0.05, 0.1) is 12.7 Å². The van der Waals surface area contributed by atoms with Crippen LogP contribution in [-0.4, -0.2) is 30.7 Å². The van der Waals surface area contributed by atoms with Crippen molar-refractivity contribution in [1.29, 1.82) is 0 Å². The molecule has 2 N–H and O–H groups in total. The summed E-state index contributed by atoms with van der Waals surface area (Å²) in [5.74, 6) is -1.35. The minimum Gasteiger partial charge on any atom is -0.480 e. The number of carbonyl (C=O) groups is 2. The first-order valence-electron chi connectivity index (χ1n) is 4.27. The molecule has 0 fully saturated rings. The number of carboxylic acid groups (broad SMARTS) is 1. The van der Waals surface area contributed by atoms with E-state index in [4.69, 9.17) is 5.11 Å². The quantitative estimate of drug-likeness (QED) is 0.722. The number of benzene rings is 1. The Balaban J connectivity index is 2.64. The number of aliphatic carboxylic acids is 1. The van der Waals surface area contributed by atoms with Crippen molar-refractivity contribution in [2.24, 2.45) is 0 Å². The molecule has 0 aliphatic carbocycles. The summed E-state index contributed by atoms with van der Waals surface area (Å²) in [5, 5.41) is 11.1. The van der Waals surface area contributed by atoms with Crippen LogP contribution in [0, 0.1) is 0 Å². The Labute approximate surface area is 86.7 Å². The Morgan fingerprint density at radius 2 is 1.93 bits per heavy atom. The van der Waals surface area contributed by atoms with Crippen molar-refractivity contribution in [3.8, 4) is 0 Å². The summed E-state index contributed by atoms with van der Waals surface area (Å²) in [5.41, 5.74) is 1.07. The molecule has 0 aliphatic heterocycles. The van der Waals surface area contributed by atoms with Crippen molar-refractivity contribution < 1.29 is 19.4 Å². The molecule has 0 aliphatic rings. The summed E-state index contributed by atoms with van der Waals surface area (Å²) in [6.07, 6.45) is 0. The molecule has 0 unspecified atom stereocenters. The predicted octanol–water partition coefficient (Wildman–Crippen LogP) is 0.970. The highest BCUT2D eigenvalue weighted by Gasteiger charge is 2.04. The third kappa shape index (κ3) is 3.30. The van der Waals surface area contributed by atoms with E-state index in [9.17, 15) is 9.59 Å². The van der Waals surface area contributed by atoms with E-state index in [-0.39, 0.29) is 6.54 Å². The second-order valence-corrected chi connectivity index (χ2v) is 2.82. The third-order valence-corrected chi connectivity index (χ3v) is 1.75. The Kier molecular flexibility index (Phi) is 3.68. The van der Waals surface area contributed by atoms with E-state index in [1.165, 1.54) is 7.11 Å². The van der Waals surface area contributed by atoms with Crippen LogP contribution in [0.5, 0.6) is 0 Å². The zero-order valence-electron chi connectivity index (χ0n) is 8.19. The fraction of sp³-hybridized carbons (Fsp3) is 0.200. The van der Waals surface area contributed by atoms with Gasteiger partial charge in [-0.05, 0) is 24.3 Å². The zero-order valence-corrected chi connectivity index (χ0v) is 8.19. The summed E-state index contributed by atoms with van der Waals surface area (Å²) in [4.78, 5) is 21.3. The Hall–Kier alpha value is -2.04. The van der Waals surface area contributed by atoms with Gasteiger partial charge in [-0.15, -0.1) is 0 Å². The van der Waals surface area contributed by atoms with Gasteiger partial charge in [0.25, 0.3) is 0 Å². The first-order valence-corrected chi connectivity index (χ1v) is 4.27. The molecule has 5 nitrogen and oxygen atoms in total. The molecule has 0 saturated carbocycles. The number of nitrogens with one attached hydrogen (secondary N) is 1. The van der Waals surface area contributed by atoms with E-state index in [1.54, 1.807) is 24.3 Å². The van der Waals surface area contributed by atoms with Crippen LogP contribution in [0.4, 0.5) is 5.69 Å². The molecule has 5 heteroatoms. The van der Waals surface area contributed by atoms with Gasteiger partial charge in [0.15, 0.2) is 0 Å². The van der Waals surface area contributed by atoms with Crippen LogP contribution < -0.4 is 5.32 Å². The van der Waals surface area contributed by atoms with Gasteiger partial charge >= 0.3 is 11.9 Å². The second kappa shape index (κ2) is 4.99. The first kappa shape index (κ1) is 11.0. The maximum atomic E-state index is 11.1. The lowest BCUT2D eigenvalue weighted by atomic mass is 10.2. The maximum absolute atomic E-state index is 11.1. The smallest absolute Gasteiger partial charge is 0.337 e. The molecule has 1 rings (SSSR count). The summed E-state index contributed by atoms with van der Waals surface area (Å²) < 4.78 is 4.52. The molecule has 0 heterocycles. The Morgan fingerprint density at radius 3 is 2.40 bits per heavy atom. The zero-order chi connectivity index (χ0) is 11.3. The predicted molar refractivity (Wildman–Crippen MR) is 53.9 cm³/mol. The normalized spacial score (nSPS) is 9.40. The molecular formula is C10H11NO4. The fourth-order valence-electron chi connectivity index (χ4n) is 1.02. The minimum absolute atomic E-state index is 0.155. The molecule has 15 heavy (non-hydrogen) atoms. The van der Waals surface area contributed by atoms with E-state index in [0.717, 1.165) is 0 Å². The molecule has 80 valence electrons. The van der Waals surface area contributed by atoms with Crippen molar-refractivity contribution in [3.63, 3.8) is 0 Å². The monoisotopic (exact) mass is 209 g/mol. The highest BCUT2D eigenvalue weighted by molar-refractivity contribution is 5.89. The molecular weight excluding hydrogens is 198 g/mol. The SMILES string of the molecule is COC(=O)c1ccc(NCC(=O)O)cc1. The second-order valence-electron chi connectivity index (χ2n) is 2.82. The van der Waals surface area contributed by atoms with Crippen molar-refractivity contribution >= 4 is 17.6 Å². The van der Waals surface area contributed by atoms with Crippen LogP contribution in [-0.2, 0) is 9.53 Å².